The summed E-state index contributed by atoms with van der Waals surface area (Å²) in [6, 6.07) is 18.6. The summed E-state index contributed by atoms with van der Waals surface area (Å²) in [5.74, 6) is 0.987. The minimum Gasteiger partial charge on any atom is -0.493 e. The Morgan fingerprint density at radius 3 is 2.52 bits per heavy atom. The van der Waals surface area contributed by atoms with Gasteiger partial charge in [-0.25, -0.2) is 5.43 Å². The Morgan fingerprint density at radius 2 is 1.85 bits per heavy atom. The van der Waals surface area contributed by atoms with Crippen LogP contribution < -0.4 is 14.9 Å². The van der Waals surface area contributed by atoms with Gasteiger partial charge in [0.05, 0.1) is 24.0 Å². The fourth-order valence-corrected chi connectivity index (χ4v) is 3.47. The van der Waals surface area contributed by atoms with Crippen LogP contribution in [0.15, 0.2) is 76.7 Å². The van der Waals surface area contributed by atoms with E-state index in [1.807, 2.05) is 12.1 Å². The van der Waals surface area contributed by atoms with Crippen LogP contribution in [0.2, 0.25) is 5.02 Å². The average Bonchev–Trinajstić information content (AvgIpc) is 2.83. The number of carbonyl (C=O) groups excluding carboxylic acids is 1. The molecule has 0 aliphatic heterocycles. The zero-order chi connectivity index (χ0) is 23.6. The van der Waals surface area contributed by atoms with Gasteiger partial charge >= 0.3 is 0 Å². The minimum absolute atomic E-state index is 0.0237. The standard InChI is InChI=1S/C23H20ClN3O5S/c1-31-22-12-17(13-25-26-23(28)15-33-20-9-5-18(24)6-10-20)4-11-21(22)32-14-16-2-7-19(8-3-16)27(29)30/h2-13H,14-15H2,1H3,(H,26,28)/b25-13-. The molecular formula is C23H20ClN3O5S. The van der Waals surface area contributed by atoms with Crippen molar-refractivity contribution in [3.05, 3.63) is 93.0 Å². The van der Waals surface area contributed by atoms with Gasteiger partial charge in [0.25, 0.3) is 5.69 Å². The van der Waals surface area contributed by atoms with E-state index in [-0.39, 0.29) is 24.0 Å². The molecule has 170 valence electrons. The number of hydrazone groups is 1. The first-order valence-electron chi connectivity index (χ1n) is 9.69. The number of non-ortho nitro benzene ring substituents is 1. The molecule has 10 heteroatoms. The van der Waals surface area contributed by atoms with Gasteiger partial charge in [0, 0.05) is 22.1 Å². The minimum atomic E-state index is -0.450. The SMILES string of the molecule is COc1cc(/C=N\NC(=O)CSc2ccc(Cl)cc2)ccc1OCc1ccc([N+](=O)[O-])cc1. The van der Waals surface area contributed by atoms with Crippen molar-refractivity contribution in [3.8, 4) is 11.5 Å². The molecule has 0 spiro atoms. The number of methoxy groups -OCH3 is 1. The highest BCUT2D eigenvalue weighted by Crippen LogP contribution is 2.28. The van der Waals surface area contributed by atoms with E-state index in [0.29, 0.717) is 22.1 Å². The second kappa shape index (κ2) is 11.9. The molecule has 0 heterocycles. The lowest BCUT2D eigenvalue weighted by atomic mass is 10.2. The second-order valence-electron chi connectivity index (χ2n) is 6.66. The number of thioether (sulfide) groups is 1. The lowest BCUT2D eigenvalue weighted by Gasteiger charge is -2.11. The molecule has 8 nitrogen and oxygen atoms in total. The van der Waals surface area contributed by atoms with Crippen molar-refractivity contribution in [2.45, 2.75) is 11.5 Å². The smallest absolute Gasteiger partial charge is 0.269 e. The third-order valence-corrected chi connectivity index (χ3v) is 5.58. The summed E-state index contributed by atoms with van der Waals surface area (Å²) in [7, 11) is 1.52. The molecule has 3 rings (SSSR count). The molecule has 0 saturated carbocycles. The van der Waals surface area contributed by atoms with Gasteiger partial charge in [-0.3, -0.25) is 14.9 Å². The molecule has 0 aromatic heterocycles. The third kappa shape index (κ3) is 7.51. The van der Waals surface area contributed by atoms with E-state index < -0.39 is 4.92 Å². The maximum atomic E-state index is 12.0. The van der Waals surface area contributed by atoms with Gasteiger partial charge in [-0.2, -0.15) is 5.10 Å². The lowest BCUT2D eigenvalue weighted by molar-refractivity contribution is -0.384. The number of nitro groups is 1. The number of halogens is 1. The molecule has 3 aromatic carbocycles. The van der Waals surface area contributed by atoms with Crippen LogP contribution in [0.4, 0.5) is 5.69 Å². The fourth-order valence-electron chi connectivity index (χ4n) is 2.65. The van der Waals surface area contributed by atoms with Crippen molar-refractivity contribution in [3.63, 3.8) is 0 Å². The predicted octanol–water partition coefficient (Wildman–Crippen LogP) is 5.08. The number of rotatable bonds is 10. The van der Waals surface area contributed by atoms with Crippen LogP contribution in [-0.2, 0) is 11.4 Å². The van der Waals surface area contributed by atoms with Gasteiger partial charge in [-0.05, 0) is 65.7 Å². The summed E-state index contributed by atoms with van der Waals surface area (Å²) in [5.41, 5.74) is 4.00. The molecule has 0 radical (unpaired) electrons. The number of hydrogen-bond donors (Lipinski definition) is 1. The van der Waals surface area contributed by atoms with Crippen LogP contribution in [0.5, 0.6) is 11.5 Å². The Hall–Kier alpha value is -3.56. The quantitative estimate of drug-likeness (QED) is 0.186. The summed E-state index contributed by atoms with van der Waals surface area (Å²) in [6.45, 7) is 0.225. The second-order valence-corrected chi connectivity index (χ2v) is 8.14. The number of amides is 1. The van der Waals surface area contributed by atoms with Gasteiger partial charge < -0.3 is 9.47 Å². The molecule has 3 aromatic rings. The van der Waals surface area contributed by atoms with Gasteiger partial charge in [0.2, 0.25) is 5.91 Å². The number of carbonyl (C=O) groups is 1. The first-order chi connectivity index (χ1) is 15.9. The van der Waals surface area contributed by atoms with Crippen molar-refractivity contribution in [1.82, 2.24) is 5.43 Å². The van der Waals surface area contributed by atoms with Crippen LogP contribution in [0.3, 0.4) is 0 Å². The molecule has 1 N–H and O–H groups in total. The molecular weight excluding hydrogens is 466 g/mol. The van der Waals surface area contributed by atoms with E-state index in [0.717, 1.165) is 10.5 Å². The van der Waals surface area contributed by atoms with E-state index in [4.69, 9.17) is 21.1 Å². The molecule has 33 heavy (non-hydrogen) atoms. The van der Waals surface area contributed by atoms with E-state index >= 15 is 0 Å². The summed E-state index contributed by atoms with van der Waals surface area (Å²) in [6.07, 6.45) is 1.51. The zero-order valence-corrected chi connectivity index (χ0v) is 19.1. The summed E-state index contributed by atoms with van der Waals surface area (Å²) in [4.78, 5) is 23.2. The van der Waals surface area contributed by atoms with E-state index in [2.05, 4.69) is 10.5 Å². The van der Waals surface area contributed by atoms with Crippen LogP contribution >= 0.6 is 23.4 Å². The highest BCUT2D eigenvalue weighted by Gasteiger charge is 2.08. The van der Waals surface area contributed by atoms with Crippen LogP contribution in [0.1, 0.15) is 11.1 Å². The first kappa shape index (κ1) is 24.1. The Labute approximate surface area is 199 Å². The number of benzene rings is 3. The molecule has 1 amide bonds. The summed E-state index contributed by atoms with van der Waals surface area (Å²) >= 11 is 7.23. The summed E-state index contributed by atoms with van der Waals surface area (Å²) < 4.78 is 11.1. The first-order valence-corrected chi connectivity index (χ1v) is 11.1. The highest BCUT2D eigenvalue weighted by atomic mass is 35.5. The number of ether oxygens (including phenoxy) is 2. The Balaban J connectivity index is 1.51. The third-order valence-electron chi connectivity index (χ3n) is 4.32. The maximum absolute atomic E-state index is 12.0. The number of nitrogens with one attached hydrogen (secondary N) is 1. The van der Waals surface area contributed by atoms with Crippen LogP contribution in [-0.4, -0.2) is 29.9 Å². The van der Waals surface area contributed by atoms with Crippen molar-refractivity contribution in [2.24, 2.45) is 5.10 Å². The van der Waals surface area contributed by atoms with Crippen molar-refractivity contribution in [1.29, 1.82) is 0 Å². The normalized spacial score (nSPS) is 10.7. The van der Waals surface area contributed by atoms with Crippen molar-refractivity contribution < 1.29 is 19.2 Å². The van der Waals surface area contributed by atoms with E-state index in [9.17, 15) is 14.9 Å². The fraction of sp³-hybridized carbons (Fsp3) is 0.130. The van der Waals surface area contributed by atoms with Crippen molar-refractivity contribution in [2.75, 3.05) is 12.9 Å². The monoisotopic (exact) mass is 485 g/mol. The molecule has 0 aliphatic carbocycles. The molecule has 0 saturated heterocycles. The van der Waals surface area contributed by atoms with Crippen LogP contribution in [0.25, 0.3) is 0 Å². The zero-order valence-electron chi connectivity index (χ0n) is 17.6. The molecule has 0 bridgehead atoms. The number of hydrogen-bond acceptors (Lipinski definition) is 7. The largest absolute Gasteiger partial charge is 0.493 e. The van der Waals surface area contributed by atoms with Gasteiger partial charge in [0.15, 0.2) is 11.5 Å². The Bertz CT molecular complexity index is 1140. The number of nitro benzene ring substituents is 1. The molecule has 0 aliphatic rings. The van der Waals surface area contributed by atoms with Gasteiger partial charge in [-0.1, -0.05) is 11.6 Å². The predicted molar refractivity (Wildman–Crippen MR) is 128 cm³/mol. The highest BCUT2D eigenvalue weighted by molar-refractivity contribution is 8.00. The topological polar surface area (TPSA) is 103 Å². The van der Waals surface area contributed by atoms with E-state index in [1.165, 1.54) is 37.2 Å². The number of nitrogens with zero attached hydrogens (tertiary/aromatic N) is 2. The van der Waals surface area contributed by atoms with E-state index in [1.54, 1.807) is 42.5 Å². The molecule has 0 unspecified atom stereocenters. The van der Waals surface area contributed by atoms with Crippen LogP contribution in [0, 0.1) is 10.1 Å². The summed E-state index contributed by atoms with van der Waals surface area (Å²) in [5, 5.41) is 15.4. The average molecular weight is 486 g/mol. The van der Waals surface area contributed by atoms with Gasteiger partial charge in [-0.15, -0.1) is 11.8 Å². The van der Waals surface area contributed by atoms with Gasteiger partial charge in [0.1, 0.15) is 6.61 Å². The van der Waals surface area contributed by atoms with Crippen molar-refractivity contribution >= 4 is 41.2 Å². The molecule has 0 atom stereocenters. The Morgan fingerprint density at radius 1 is 1.12 bits per heavy atom. The Kier molecular flexibility index (Phi) is 8.68. The molecule has 0 fully saturated rings. The lowest BCUT2D eigenvalue weighted by Crippen LogP contribution is -2.19. The maximum Gasteiger partial charge on any atom is 0.269 e.